The number of rotatable bonds is 4. The highest BCUT2D eigenvalue weighted by Gasteiger charge is 2.32. The van der Waals surface area contributed by atoms with Crippen molar-refractivity contribution in [2.45, 2.75) is 18.9 Å². The maximum absolute atomic E-state index is 5.57. The van der Waals surface area contributed by atoms with Gasteiger partial charge in [-0.2, -0.15) is 4.98 Å². The van der Waals surface area contributed by atoms with E-state index in [1.165, 1.54) is 11.1 Å². The lowest BCUT2D eigenvalue weighted by Crippen LogP contribution is -2.44. The molecule has 0 amide bonds. The third kappa shape index (κ3) is 2.78. The Morgan fingerprint density at radius 1 is 1.20 bits per heavy atom. The van der Waals surface area contributed by atoms with Crippen LogP contribution in [-0.2, 0) is 13.0 Å². The van der Waals surface area contributed by atoms with Gasteiger partial charge in [0.05, 0.1) is 12.5 Å². The van der Waals surface area contributed by atoms with E-state index in [0.717, 1.165) is 49.9 Å². The van der Waals surface area contributed by atoms with Crippen LogP contribution in [0.2, 0.25) is 0 Å². The molecule has 0 N–H and O–H groups in total. The molecule has 2 aliphatic rings. The van der Waals surface area contributed by atoms with E-state index in [1.807, 2.05) is 12.1 Å². The number of aromatic nitrogens is 3. The normalized spacial score (nSPS) is 17.1. The van der Waals surface area contributed by atoms with Crippen LogP contribution in [-0.4, -0.2) is 39.7 Å². The van der Waals surface area contributed by atoms with Gasteiger partial charge in [-0.25, -0.2) is 0 Å². The first kappa shape index (κ1) is 14.6. The van der Waals surface area contributed by atoms with E-state index in [0.29, 0.717) is 11.7 Å². The van der Waals surface area contributed by atoms with Crippen LogP contribution in [0.1, 0.15) is 22.9 Å². The summed E-state index contributed by atoms with van der Waals surface area (Å²) in [7, 11) is 0. The Morgan fingerprint density at radius 3 is 3.04 bits per heavy atom. The van der Waals surface area contributed by atoms with Crippen molar-refractivity contribution in [1.29, 1.82) is 0 Å². The largest absolute Gasteiger partial charge is 0.493 e. The lowest BCUT2D eigenvalue weighted by Gasteiger charge is -2.37. The number of hydrogen-bond donors (Lipinski definition) is 0. The van der Waals surface area contributed by atoms with Crippen LogP contribution in [0.4, 0.5) is 0 Å². The topological polar surface area (TPSA) is 64.3 Å². The zero-order valence-corrected chi connectivity index (χ0v) is 13.8. The molecule has 126 valence electrons. The van der Waals surface area contributed by atoms with Crippen molar-refractivity contribution < 1.29 is 9.26 Å². The Morgan fingerprint density at radius 2 is 2.16 bits per heavy atom. The van der Waals surface area contributed by atoms with Gasteiger partial charge < -0.3 is 9.26 Å². The predicted octanol–water partition coefficient (Wildman–Crippen LogP) is 2.67. The fourth-order valence-corrected chi connectivity index (χ4v) is 3.46. The summed E-state index contributed by atoms with van der Waals surface area (Å²) in [6, 6.07) is 10.3. The van der Waals surface area contributed by atoms with Crippen molar-refractivity contribution in [1.82, 2.24) is 20.0 Å². The number of nitrogens with zero attached hydrogens (tertiary/aromatic N) is 4. The zero-order chi connectivity index (χ0) is 16.6. The van der Waals surface area contributed by atoms with Crippen molar-refractivity contribution in [3.8, 4) is 17.1 Å². The first-order valence-corrected chi connectivity index (χ1v) is 8.56. The molecule has 5 rings (SSSR count). The smallest absolute Gasteiger partial charge is 0.232 e. The fourth-order valence-electron chi connectivity index (χ4n) is 3.46. The molecule has 25 heavy (non-hydrogen) atoms. The summed E-state index contributed by atoms with van der Waals surface area (Å²) >= 11 is 0. The van der Waals surface area contributed by atoms with Crippen molar-refractivity contribution in [2.24, 2.45) is 0 Å². The van der Waals surface area contributed by atoms with Gasteiger partial charge >= 0.3 is 0 Å². The minimum Gasteiger partial charge on any atom is -0.493 e. The number of pyridine rings is 1. The van der Waals surface area contributed by atoms with Crippen molar-refractivity contribution in [3.05, 3.63) is 59.7 Å². The number of fused-ring (bicyclic) bond motifs is 1. The molecular weight excluding hydrogens is 316 g/mol. The molecular formula is C19H18N4O2. The lowest BCUT2D eigenvalue weighted by molar-refractivity contribution is 0.117. The van der Waals surface area contributed by atoms with Crippen molar-refractivity contribution >= 4 is 0 Å². The quantitative estimate of drug-likeness (QED) is 0.731. The van der Waals surface area contributed by atoms with Crippen LogP contribution < -0.4 is 4.74 Å². The summed E-state index contributed by atoms with van der Waals surface area (Å²) in [6.07, 6.45) is 4.50. The van der Waals surface area contributed by atoms with E-state index in [9.17, 15) is 0 Å². The van der Waals surface area contributed by atoms with Gasteiger partial charge in [-0.3, -0.25) is 9.88 Å². The van der Waals surface area contributed by atoms with E-state index in [1.54, 1.807) is 12.4 Å². The maximum Gasteiger partial charge on any atom is 0.232 e. The second-order valence-electron chi connectivity index (χ2n) is 6.63. The van der Waals surface area contributed by atoms with Crippen molar-refractivity contribution in [3.63, 3.8) is 0 Å². The summed E-state index contributed by atoms with van der Waals surface area (Å²) in [4.78, 5) is 11.0. The molecule has 2 aliphatic heterocycles. The summed E-state index contributed by atoms with van der Waals surface area (Å²) in [5.74, 6) is 2.69. The highest BCUT2D eigenvalue weighted by molar-refractivity contribution is 5.52. The second-order valence-corrected chi connectivity index (χ2v) is 6.63. The van der Waals surface area contributed by atoms with E-state index in [4.69, 9.17) is 9.26 Å². The Bertz CT molecular complexity index is 887. The monoisotopic (exact) mass is 334 g/mol. The first-order valence-electron chi connectivity index (χ1n) is 8.56. The van der Waals surface area contributed by atoms with Gasteiger partial charge in [-0.05, 0) is 29.3 Å². The fraction of sp³-hybridized carbons (Fsp3) is 0.316. The number of benzene rings is 1. The van der Waals surface area contributed by atoms with Crippen LogP contribution in [0.3, 0.4) is 0 Å². The molecule has 0 bridgehead atoms. The predicted molar refractivity (Wildman–Crippen MR) is 91.2 cm³/mol. The molecule has 0 aliphatic carbocycles. The Kier molecular flexibility index (Phi) is 3.48. The standard InChI is InChI=1S/C19H18N4O2/c1-2-15(9-20-6-1)18-21-19(25-22-18)16-11-23(12-16)10-13-3-4-17-14(8-13)5-7-24-17/h1-4,6,8-9,16H,5,7,10-12H2. The van der Waals surface area contributed by atoms with Crippen molar-refractivity contribution in [2.75, 3.05) is 19.7 Å². The Labute approximate surface area is 145 Å². The molecule has 0 atom stereocenters. The van der Waals surface area contributed by atoms with E-state index < -0.39 is 0 Å². The summed E-state index contributed by atoms with van der Waals surface area (Å²) < 4.78 is 11.0. The summed E-state index contributed by atoms with van der Waals surface area (Å²) in [6.45, 7) is 3.65. The van der Waals surface area contributed by atoms with Gasteiger partial charge in [0.15, 0.2) is 0 Å². The number of hydrogen-bond acceptors (Lipinski definition) is 6. The average Bonchev–Trinajstić information content (AvgIpc) is 3.27. The zero-order valence-electron chi connectivity index (χ0n) is 13.8. The molecule has 0 unspecified atom stereocenters. The molecule has 1 saturated heterocycles. The van der Waals surface area contributed by atoms with E-state index >= 15 is 0 Å². The number of likely N-dealkylation sites (tertiary alicyclic amines) is 1. The Balaban J connectivity index is 1.21. The lowest BCUT2D eigenvalue weighted by atomic mass is 9.98. The minimum atomic E-state index is 0.315. The molecule has 0 spiro atoms. The van der Waals surface area contributed by atoms with Crippen LogP contribution in [0.25, 0.3) is 11.4 Å². The summed E-state index contributed by atoms with van der Waals surface area (Å²) in [5, 5.41) is 4.08. The molecule has 0 saturated carbocycles. The van der Waals surface area contributed by atoms with Gasteiger partial charge in [0, 0.05) is 44.0 Å². The highest BCUT2D eigenvalue weighted by Crippen LogP contribution is 2.30. The highest BCUT2D eigenvalue weighted by atomic mass is 16.5. The second kappa shape index (κ2) is 5.97. The van der Waals surface area contributed by atoms with Crippen LogP contribution >= 0.6 is 0 Å². The van der Waals surface area contributed by atoms with Gasteiger partial charge in [-0.1, -0.05) is 17.3 Å². The van der Waals surface area contributed by atoms with E-state index in [2.05, 4.69) is 38.2 Å². The molecule has 1 aromatic carbocycles. The average molecular weight is 334 g/mol. The van der Waals surface area contributed by atoms with Gasteiger partial charge in [-0.15, -0.1) is 0 Å². The number of ether oxygens (including phenoxy) is 1. The Hall–Kier alpha value is -2.73. The molecule has 3 aromatic rings. The SMILES string of the molecule is c1cncc(-c2noc(C3CN(Cc4ccc5c(c4)CCO5)C3)n2)c1. The van der Waals surface area contributed by atoms with Crippen LogP contribution in [0.15, 0.2) is 47.2 Å². The maximum atomic E-state index is 5.57. The third-order valence-electron chi connectivity index (χ3n) is 4.83. The molecule has 0 radical (unpaired) electrons. The van der Waals surface area contributed by atoms with E-state index in [-0.39, 0.29) is 0 Å². The molecule has 2 aromatic heterocycles. The molecule has 6 nitrogen and oxygen atoms in total. The van der Waals surface area contributed by atoms with Crippen LogP contribution in [0.5, 0.6) is 5.75 Å². The molecule has 6 heteroatoms. The van der Waals surface area contributed by atoms with Gasteiger partial charge in [0.1, 0.15) is 5.75 Å². The van der Waals surface area contributed by atoms with Crippen LogP contribution in [0, 0.1) is 0 Å². The van der Waals surface area contributed by atoms with Gasteiger partial charge in [0.2, 0.25) is 11.7 Å². The first-order chi connectivity index (χ1) is 12.3. The van der Waals surface area contributed by atoms with Gasteiger partial charge in [0.25, 0.3) is 0 Å². The molecule has 4 heterocycles. The minimum absolute atomic E-state index is 0.315. The summed E-state index contributed by atoms with van der Waals surface area (Å²) in [5.41, 5.74) is 3.55. The third-order valence-corrected chi connectivity index (χ3v) is 4.83. The molecule has 1 fully saturated rings.